The van der Waals surface area contributed by atoms with Gasteiger partial charge in [0.15, 0.2) is 5.69 Å². The summed E-state index contributed by atoms with van der Waals surface area (Å²) in [5.41, 5.74) is 0.308. The van der Waals surface area contributed by atoms with Crippen LogP contribution in [0.3, 0.4) is 0 Å². The number of hydrogen-bond acceptors (Lipinski definition) is 4. The second-order valence-corrected chi connectivity index (χ2v) is 3.66. The van der Waals surface area contributed by atoms with E-state index in [1.807, 2.05) is 0 Å². The summed E-state index contributed by atoms with van der Waals surface area (Å²) in [6.45, 7) is 7.18. The largest absolute Gasteiger partial charge is 0.461 e. The minimum Gasteiger partial charge on any atom is -0.461 e. The van der Waals surface area contributed by atoms with Gasteiger partial charge in [-0.3, -0.25) is 5.10 Å². The van der Waals surface area contributed by atoms with E-state index in [-0.39, 0.29) is 0 Å². The molecule has 5 nitrogen and oxygen atoms in total. The Kier molecular flexibility index (Phi) is 4.15. The molecule has 0 unspecified atom stereocenters. The topological polar surface area (TPSA) is 67.0 Å². The Labute approximate surface area is 89.2 Å². The molecular weight excluding hydrogens is 194 g/mol. The molecule has 0 fully saturated rings. The van der Waals surface area contributed by atoms with E-state index in [9.17, 15) is 4.79 Å². The summed E-state index contributed by atoms with van der Waals surface area (Å²) in [7, 11) is 0. The Bertz CT molecular complexity index is 320. The number of rotatable bonds is 5. The van der Waals surface area contributed by atoms with E-state index < -0.39 is 5.97 Å². The molecule has 0 aliphatic carbocycles. The molecule has 0 aromatic carbocycles. The van der Waals surface area contributed by atoms with E-state index in [0.29, 0.717) is 18.2 Å². The zero-order chi connectivity index (χ0) is 11.3. The molecule has 15 heavy (non-hydrogen) atoms. The van der Waals surface area contributed by atoms with E-state index in [4.69, 9.17) is 4.74 Å². The molecule has 1 rings (SSSR count). The fourth-order valence-electron chi connectivity index (χ4n) is 1.04. The number of carbonyl (C=O) groups excluding carboxylic acids is 1. The van der Waals surface area contributed by atoms with Gasteiger partial charge in [0.25, 0.3) is 0 Å². The zero-order valence-corrected chi connectivity index (χ0v) is 9.33. The molecular formula is C10H17N3O2. The van der Waals surface area contributed by atoms with Crippen LogP contribution >= 0.6 is 0 Å². The van der Waals surface area contributed by atoms with Crippen molar-refractivity contribution in [2.24, 2.45) is 5.92 Å². The fraction of sp³-hybridized carbons (Fsp3) is 0.600. The lowest BCUT2D eigenvalue weighted by Gasteiger charge is -2.04. The molecule has 1 aromatic rings. The summed E-state index contributed by atoms with van der Waals surface area (Å²) in [6, 6.07) is 1.65. The maximum atomic E-state index is 11.3. The van der Waals surface area contributed by atoms with Crippen molar-refractivity contribution >= 4 is 11.8 Å². The van der Waals surface area contributed by atoms with E-state index in [0.717, 1.165) is 12.4 Å². The summed E-state index contributed by atoms with van der Waals surface area (Å²) < 4.78 is 4.82. The van der Waals surface area contributed by atoms with Gasteiger partial charge in [0.05, 0.1) is 6.61 Å². The molecule has 2 N–H and O–H groups in total. The van der Waals surface area contributed by atoms with Gasteiger partial charge in [-0.25, -0.2) is 4.79 Å². The molecule has 0 aliphatic heterocycles. The summed E-state index contributed by atoms with van der Waals surface area (Å²) in [5, 5.41) is 9.72. The molecule has 5 heteroatoms. The Hall–Kier alpha value is -1.52. The summed E-state index contributed by atoms with van der Waals surface area (Å²) >= 11 is 0. The number of anilines is 1. The maximum Gasteiger partial charge on any atom is 0.358 e. The first-order valence-corrected chi connectivity index (χ1v) is 5.10. The van der Waals surface area contributed by atoms with Gasteiger partial charge >= 0.3 is 5.97 Å². The number of H-pyrrole nitrogens is 1. The van der Waals surface area contributed by atoms with Crippen LogP contribution in [0.4, 0.5) is 5.82 Å². The molecule has 1 aromatic heterocycles. The normalized spacial score (nSPS) is 10.4. The summed E-state index contributed by atoms with van der Waals surface area (Å²) in [4.78, 5) is 11.3. The molecule has 0 saturated heterocycles. The average molecular weight is 211 g/mol. The number of aromatic amines is 1. The van der Waals surface area contributed by atoms with Gasteiger partial charge in [-0.05, 0) is 12.8 Å². The quantitative estimate of drug-likeness (QED) is 0.727. The lowest BCUT2D eigenvalue weighted by Crippen LogP contribution is -2.08. The van der Waals surface area contributed by atoms with Gasteiger partial charge < -0.3 is 10.1 Å². The number of ether oxygens (including phenoxy) is 1. The Morgan fingerprint density at radius 1 is 1.67 bits per heavy atom. The lowest BCUT2D eigenvalue weighted by atomic mass is 10.2. The zero-order valence-electron chi connectivity index (χ0n) is 9.33. The van der Waals surface area contributed by atoms with E-state index in [1.165, 1.54) is 0 Å². The van der Waals surface area contributed by atoms with Crippen LogP contribution in [0.2, 0.25) is 0 Å². The average Bonchev–Trinajstić information content (AvgIpc) is 2.63. The number of aromatic nitrogens is 2. The fourth-order valence-corrected chi connectivity index (χ4v) is 1.04. The second kappa shape index (κ2) is 5.38. The van der Waals surface area contributed by atoms with Crippen molar-refractivity contribution < 1.29 is 9.53 Å². The van der Waals surface area contributed by atoms with Crippen molar-refractivity contribution in [3.8, 4) is 0 Å². The van der Waals surface area contributed by atoms with Crippen molar-refractivity contribution in [3.05, 3.63) is 11.8 Å². The molecule has 84 valence electrons. The Morgan fingerprint density at radius 3 is 3.00 bits per heavy atom. The highest BCUT2D eigenvalue weighted by molar-refractivity contribution is 5.88. The van der Waals surface area contributed by atoms with Crippen molar-refractivity contribution in [2.75, 3.05) is 18.5 Å². The minimum absolute atomic E-state index is 0.308. The SMILES string of the molecule is CCOC(=O)c1cc(NCC(C)C)[nH]n1. The molecule has 0 bridgehead atoms. The predicted molar refractivity (Wildman–Crippen MR) is 57.9 cm³/mol. The lowest BCUT2D eigenvalue weighted by molar-refractivity contribution is 0.0519. The van der Waals surface area contributed by atoms with Crippen LogP contribution in [-0.4, -0.2) is 29.3 Å². The van der Waals surface area contributed by atoms with Crippen molar-refractivity contribution in [3.63, 3.8) is 0 Å². The Morgan fingerprint density at radius 2 is 2.40 bits per heavy atom. The van der Waals surface area contributed by atoms with Crippen LogP contribution in [0, 0.1) is 5.92 Å². The van der Waals surface area contributed by atoms with Crippen LogP contribution in [0.25, 0.3) is 0 Å². The molecule has 0 amide bonds. The number of esters is 1. The van der Waals surface area contributed by atoms with Gasteiger partial charge in [0, 0.05) is 12.6 Å². The van der Waals surface area contributed by atoms with Crippen molar-refractivity contribution in [1.29, 1.82) is 0 Å². The highest BCUT2D eigenvalue weighted by atomic mass is 16.5. The van der Waals surface area contributed by atoms with Gasteiger partial charge in [-0.1, -0.05) is 13.8 Å². The summed E-state index contributed by atoms with van der Waals surface area (Å²) in [6.07, 6.45) is 0. The third-order valence-corrected chi connectivity index (χ3v) is 1.76. The van der Waals surface area contributed by atoms with Crippen LogP contribution in [0.5, 0.6) is 0 Å². The highest BCUT2D eigenvalue weighted by Gasteiger charge is 2.10. The molecule has 0 atom stereocenters. The first kappa shape index (κ1) is 11.6. The van der Waals surface area contributed by atoms with Crippen LogP contribution < -0.4 is 5.32 Å². The molecule has 0 aliphatic rings. The highest BCUT2D eigenvalue weighted by Crippen LogP contribution is 2.07. The third-order valence-electron chi connectivity index (χ3n) is 1.76. The van der Waals surface area contributed by atoms with E-state index in [1.54, 1.807) is 13.0 Å². The second-order valence-electron chi connectivity index (χ2n) is 3.66. The van der Waals surface area contributed by atoms with E-state index in [2.05, 4.69) is 29.4 Å². The Balaban J connectivity index is 2.52. The number of nitrogens with zero attached hydrogens (tertiary/aromatic N) is 1. The minimum atomic E-state index is -0.397. The van der Waals surface area contributed by atoms with Crippen molar-refractivity contribution in [1.82, 2.24) is 10.2 Å². The van der Waals surface area contributed by atoms with Gasteiger partial charge in [0.2, 0.25) is 0 Å². The van der Waals surface area contributed by atoms with E-state index >= 15 is 0 Å². The summed E-state index contributed by atoms with van der Waals surface area (Å²) in [5.74, 6) is 0.887. The van der Waals surface area contributed by atoms with Crippen LogP contribution in [0.15, 0.2) is 6.07 Å². The maximum absolute atomic E-state index is 11.3. The molecule has 0 saturated carbocycles. The standard InChI is InChI=1S/C10H17N3O2/c1-4-15-10(14)8-5-9(13-12-8)11-6-7(2)3/h5,7H,4,6H2,1-3H3,(H2,11,12,13). The monoisotopic (exact) mass is 211 g/mol. The van der Waals surface area contributed by atoms with Crippen LogP contribution in [0.1, 0.15) is 31.3 Å². The van der Waals surface area contributed by atoms with Crippen LogP contribution in [-0.2, 0) is 4.74 Å². The molecule has 1 heterocycles. The first-order valence-electron chi connectivity index (χ1n) is 5.10. The number of hydrogen-bond donors (Lipinski definition) is 2. The van der Waals surface area contributed by atoms with Crippen molar-refractivity contribution in [2.45, 2.75) is 20.8 Å². The predicted octanol–water partition coefficient (Wildman–Crippen LogP) is 1.65. The number of carbonyl (C=O) groups is 1. The van der Waals surface area contributed by atoms with Gasteiger partial charge in [-0.2, -0.15) is 5.10 Å². The number of nitrogens with one attached hydrogen (secondary N) is 2. The molecule has 0 radical (unpaired) electrons. The first-order chi connectivity index (χ1) is 7.13. The van der Waals surface area contributed by atoms with Gasteiger partial charge in [0.1, 0.15) is 5.82 Å². The third kappa shape index (κ3) is 3.61. The van der Waals surface area contributed by atoms with Gasteiger partial charge in [-0.15, -0.1) is 0 Å². The smallest absolute Gasteiger partial charge is 0.358 e. The molecule has 0 spiro atoms.